The first-order chi connectivity index (χ1) is 6.63. The predicted octanol–water partition coefficient (Wildman–Crippen LogP) is 1.79. The van der Waals surface area contributed by atoms with Gasteiger partial charge in [0, 0.05) is 18.3 Å². The van der Waals surface area contributed by atoms with Crippen molar-refractivity contribution >= 4 is 5.82 Å². The van der Waals surface area contributed by atoms with Crippen molar-refractivity contribution in [1.29, 1.82) is 0 Å². The predicted molar refractivity (Wildman–Crippen MR) is 60.3 cm³/mol. The maximum Gasteiger partial charge on any atom is 0.126 e. The minimum Gasteiger partial charge on any atom is -0.366 e. The number of hydrogen-bond donors (Lipinski definition) is 2. The monoisotopic (exact) mass is 193 g/mol. The Morgan fingerprint density at radius 2 is 2.14 bits per heavy atom. The van der Waals surface area contributed by atoms with Crippen molar-refractivity contribution in [2.75, 3.05) is 11.9 Å². The number of nitrogens with zero attached hydrogens (tertiary/aromatic N) is 1. The molecule has 1 aromatic rings. The molecule has 14 heavy (non-hydrogen) atoms. The van der Waals surface area contributed by atoms with Crippen molar-refractivity contribution in [2.24, 2.45) is 11.7 Å². The molecule has 1 unspecified atom stereocenters. The maximum atomic E-state index is 5.67. The Hall–Kier alpha value is -1.09. The van der Waals surface area contributed by atoms with Crippen LogP contribution in [0.1, 0.15) is 19.5 Å². The second kappa shape index (κ2) is 4.96. The standard InChI is InChI=1S/C11H19N3/c1-8(2)10(7-12)14-11-6-4-5-9(3)13-11/h4-6,8,10H,7,12H2,1-3H3,(H,13,14). The number of hydrogen-bond acceptors (Lipinski definition) is 3. The van der Waals surface area contributed by atoms with Gasteiger partial charge in [0.25, 0.3) is 0 Å². The first-order valence-corrected chi connectivity index (χ1v) is 5.03. The van der Waals surface area contributed by atoms with Crippen LogP contribution in [0.15, 0.2) is 18.2 Å². The van der Waals surface area contributed by atoms with Crippen LogP contribution < -0.4 is 11.1 Å². The number of aromatic nitrogens is 1. The molecule has 0 amide bonds. The molecule has 0 spiro atoms. The van der Waals surface area contributed by atoms with Gasteiger partial charge in [-0.2, -0.15) is 0 Å². The number of rotatable bonds is 4. The molecule has 0 aromatic carbocycles. The van der Waals surface area contributed by atoms with Gasteiger partial charge in [-0.05, 0) is 25.0 Å². The smallest absolute Gasteiger partial charge is 0.126 e. The molecule has 1 heterocycles. The summed E-state index contributed by atoms with van der Waals surface area (Å²) >= 11 is 0. The van der Waals surface area contributed by atoms with E-state index in [4.69, 9.17) is 5.73 Å². The highest BCUT2D eigenvalue weighted by molar-refractivity contribution is 5.36. The average Bonchev–Trinajstić information content (AvgIpc) is 2.14. The van der Waals surface area contributed by atoms with Crippen LogP contribution in [0.25, 0.3) is 0 Å². The normalized spacial score (nSPS) is 12.9. The SMILES string of the molecule is Cc1cccc(NC(CN)C(C)C)n1. The van der Waals surface area contributed by atoms with E-state index in [0.717, 1.165) is 11.5 Å². The molecule has 0 bridgehead atoms. The highest BCUT2D eigenvalue weighted by Gasteiger charge is 2.10. The van der Waals surface area contributed by atoms with Gasteiger partial charge in [-0.1, -0.05) is 19.9 Å². The van der Waals surface area contributed by atoms with Gasteiger partial charge in [0.15, 0.2) is 0 Å². The lowest BCUT2D eigenvalue weighted by molar-refractivity contribution is 0.530. The quantitative estimate of drug-likeness (QED) is 0.766. The van der Waals surface area contributed by atoms with Gasteiger partial charge < -0.3 is 11.1 Å². The first-order valence-electron chi connectivity index (χ1n) is 5.03. The molecule has 0 aliphatic carbocycles. The first kappa shape index (κ1) is 11.0. The molecule has 3 N–H and O–H groups in total. The van der Waals surface area contributed by atoms with E-state index in [1.54, 1.807) is 0 Å². The van der Waals surface area contributed by atoms with Crippen LogP contribution >= 0.6 is 0 Å². The highest BCUT2D eigenvalue weighted by Crippen LogP contribution is 2.09. The summed E-state index contributed by atoms with van der Waals surface area (Å²) in [5, 5.41) is 3.33. The van der Waals surface area contributed by atoms with E-state index in [0.29, 0.717) is 18.5 Å². The van der Waals surface area contributed by atoms with Crippen LogP contribution in [0, 0.1) is 12.8 Å². The topological polar surface area (TPSA) is 50.9 Å². The van der Waals surface area contributed by atoms with Crippen LogP contribution in [-0.4, -0.2) is 17.6 Å². The number of nitrogens with one attached hydrogen (secondary N) is 1. The summed E-state index contributed by atoms with van der Waals surface area (Å²) in [5.41, 5.74) is 6.69. The Morgan fingerprint density at radius 3 is 2.64 bits per heavy atom. The maximum absolute atomic E-state index is 5.67. The van der Waals surface area contributed by atoms with Crippen LogP contribution in [0.5, 0.6) is 0 Å². The van der Waals surface area contributed by atoms with Crippen LogP contribution in [0.3, 0.4) is 0 Å². The third kappa shape index (κ3) is 3.00. The van der Waals surface area contributed by atoms with Crippen LogP contribution in [-0.2, 0) is 0 Å². The van der Waals surface area contributed by atoms with E-state index in [1.165, 1.54) is 0 Å². The average molecular weight is 193 g/mol. The highest BCUT2D eigenvalue weighted by atomic mass is 15.0. The molecule has 3 heteroatoms. The van der Waals surface area contributed by atoms with Crippen molar-refractivity contribution in [1.82, 2.24) is 4.98 Å². The molecule has 0 radical (unpaired) electrons. The summed E-state index contributed by atoms with van der Waals surface area (Å²) in [5.74, 6) is 1.43. The van der Waals surface area contributed by atoms with E-state index in [2.05, 4.69) is 24.1 Å². The molecule has 0 aliphatic rings. The van der Waals surface area contributed by atoms with Gasteiger partial charge in [0.2, 0.25) is 0 Å². The zero-order valence-corrected chi connectivity index (χ0v) is 9.12. The van der Waals surface area contributed by atoms with E-state index in [-0.39, 0.29) is 0 Å². The second-order valence-corrected chi connectivity index (χ2v) is 3.89. The largest absolute Gasteiger partial charge is 0.366 e. The summed E-state index contributed by atoms with van der Waals surface area (Å²) in [7, 11) is 0. The molecule has 78 valence electrons. The number of nitrogens with two attached hydrogens (primary N) is 1. The van der Waals surface area contributed by atoms with Gasteiger partial charge in [0.1, 0.15) is 5.82 Å². The number of pyridine rings is 1. The second-order valence-electron chi connectivity index (χ2n) is 3.89. The van der Waals surface area contributed by atoms with Gasteiger partial charge in [0.05, 0.1) is 0 Å². The Labute approximate surface area is 85.7 Å². The molecule has 1 atom stereocenters. The molecule has 1 rings (SSSR count). The van der Waals surface area contributed by atoms with Crippen molar-refractivity contribution in [3.8, 4) is 0 Å². The lowest BCUT2D eigenvalue weighted by Gasteiger charge is -2.21. The molecule has 0 saturated carbocycles. The lowest BCUT2D eigenvalue weighted by atomic mass is 10.1. The molecule has 0 fully saturated rings. The van der Waals surface area contributed by atoms with E-state index in [1.807, 2.05) is 25.1 Å². The van der Waals surface area contributed by atoms with Gasteiger partial charge in [-0.3, -0.25) is 0 Å². The summed E-state index contributed by atoms with van der Waals surface area (Å²) in [6.45, 7) is 6.92. The zero-order valence-electron chi connectivity index (χ0n) is 9.12. The van der Waals surface area contributed by atoms with Gasteiger partial charge >= 0.3 is 0 Å². The Morgan fingerprint density at radius 1 is 1.43 bits per heavy atom. The minimum atomic E-state index is 0.296. The van der Waals surface area contributed by atoms with E-state index in [9.17, 15) is 0 Å². The number of aryl methyl sites for hydroxylation is 1. The molecular formula is C11H19N3. The zero-order chi connectivity index (χ0) is 10.6. The summed E-state index contributed by atoms with van der Waals surface area (Å²) in [4.78, 5) is 4.38. The van der Waals surface area contributed by atoms with Crippen LogP contribution in [0.4, 0.5) is 5.82 Å². The van der Waals surface area contributed by atoms with Crippen molar-refractivity contribution in [3.05, 3.63) is 23.9 Å². The van der Waals surface area contributed by atoms with E-state index < -0.39 is 0 Å². The fourth-order valence-electron chi connectivity index (χ4n) is 1.31. The van der Waals surface area contributed by atoms with E-state index >= 15 is 0 Å². The fourth-order valence-corrected chi connectivity index (χ4v) is 1.31. The summed E-state index contributed by atoms with van der Waals surface area (Å²) in [6.07, 6.45) is 0. The van der Waals surface area contributed by atoms with Crippen molar-refractivity contribution in [3.63, 3.8) is 0 Å². The Bertz CT molecular complexity index is 284. The molecule has 0 aliphatic heterocycles. The molecule has 0 saturated heterocycles. The van der Waals surface area contributed by atoms with Crippen LogP contribution in [0.2, 0.25) is 0 Å². The van der Waals surface area contributed by atoms with Crippen molar-refractivity contribution in [2.45, 2.75) is 26.8 Å². The molecule has 1 aromatic heterocycles. The number of anilines is 1. The third-order valence-corrected chi connectivity index (χ3v) is 2.28. The minimum absolute atomic E-state index is 0.296. The van der Waals surface area contributed by atoms with Gasteiger partial charge in [-0.25, -0.2) is 4.98 Å². The Kier molecular flexibility index (Phi) is 3.89. The molecular weight excluding hydrogens is 174 g/mol. The lowest BCUT2D eigenvalue weighted by Crippen LogP contribution is -2.34. The molecule has 3 nitrogen and oxygen atoms in total. The fraction of sp³-hybridized carbons (Fsp3) is 0.545. The Balaban J connectivity index is 2.67. The summed E-state index contributed by atoms with van der Waals surface area (Å²) in [6, 6.07) is 6.25. The third-order valence-electron chi connectivity index (χ3n) is 2.28. The van der Waals surface area contributed by atoms with Crippen molar-refractivity contribution < 1.29 is 0 Å². The van der Waals surface area contributed by atoms with Gasteiger partial charge in [-0.15, -0.1) is 0 Å². The summed E-state index contributed by atoms with van der Waals surface area (Å²) < 4.78 is 0.